The van der Waals surface area contributed by atoms with E-state index in [4.69, 9.17) is 10.8 Å². The van der Waals surface area contributed by atoms with Crippen molar-refractivity contribution in [1.82, 2.24) is 0 Å². The van der Waals surface area contributed by atoms with Gasteiger partial charge in [0.2, 0.25) is 12.6 Å². The largest absolute Gasteiger partial charge is 0.385 e. The summed E-state index contributed by atoms with van der Waals surface area (Å²) in [6.45, 7) is 0. The van der Waals surface area contributed by atoms with E-state index in [9.17, 15) is 9.59 Å². The van der Waals surface area contributed by atoms with Crippen LogP contribution >= 0.6 is 0 Å². The number of nitrogens with two attached hydrogens (primary N) is 1. The molecule has 0 aliphatic carbocycles. The quantitative estimate of drug-likeness (QED) is 0.500. The summed E-state index contributed by atoms with van der Waals surface area (Å²) in [6, 6.07) is -0.706. The Bertz CT molecular complexity index is 102. The molecule has 0 aromatic rings. The van der Waals surface area contributed by atoms with Crippen molar-refractivity contribution in [3.63, 3.8) is 0 Å². The molecule has 4 nitrogen and oxygen atoms in total. The van der Waals surface area contributed by atoms with Crippen molar-refractivity contribution in [1.29, 1.82) is 0 Å². The second-order valence-electron chi connectivity index (χ2n) is 1.94. The molecule has 0 aromatic heterocycles. The molecule has 0 spiro atoms. The third-order valence-electron chi connectivity index (χ3n) is 1.04. The van der Waals surface area contributed by atoms with Crippen LogP contribution in [0.4, 0.5) is 0 Å². The van der Waals surface area contributed by atoms with Gasteiger partial charge in [0, 0.05) is 0 Å². The van der Waals surface area contributed by atoms with Crippen LogP contribution in [-0.2, 0) is 9.59 Å². The van der Waals surface area contributed by atoms with Gasteiger partial charge in [-0.05, 0) is 12.8 Å². The molecule has 2 radical (unpaired) electrons. The topological polar surface area (TPSA) is 80.4 Å². The third kappa shape index (κ3) is 4.17. The summed E-state index contributed by atoms with van der Waals surface area (Å²) in [5, 5.41) is 8.59. The minimum absolute atomic E-state index is 0.167. The van der Waals surface area contributed by atoms with Crippen LogP contribution in [0, 0.1) is 0 Å². The highest BCUT2D eigenvalue weighted by molar-refractivity contribution is 5.59. The number of hydrogen-bond donors (Lipinski definition) is 2. The van der Waals surface area contributed by atoms with E-state index in [0.717, 1.165) is 0 Å². The molecule has 0 bridgehead atoms. The predicted octanol–water partition coefficient (Wildman–Crippen LogP) is -1.33. The van der Waals surface area contributed by atoms with Crippen molar-refractivity contribution in [2.24, 2.45) is 5.73 Å². The number of hydrogen-bond acceptors (Lipinski definition) is 4. The van der Waals surface area contributed by atoms with Crippen molar-refractivity contribution in [3.05, 3.63) is 0 Å². The van der Waals surface area contributed by atoms with Crippen LogP contribution in [0.2, 0.25) is 0 Å². The van der Waals surface area contributed by atoms with Crippen molar-refractivity contribution in [2.45, 2.75) is 25.0 Å². The molecule has 0 saturated heterocycles. The first-order valence-electron chi connectivity index (χ1n) is 2.89. The van der Waals surface area contributed by atoms with Gasteiger partial charge in [-0.2, -0.15) is 0 Å². The van der Waals surface area contributed by atoms with E-state index in [1.54, 1.807) is 0 Å². The second-order valence-corrected chi connectivity index (χ2v) is 1.94. The Kier molecular flexibility index (Phi) is 4.70. The van der Waals surface area contributed by atoms with E-state index in [0.29, 0.717) is 0 Å². The maximum Gasteiger partial charge on any atom is 0.229 e. The van der Waals surface area contributed by atoms with Crippen LogP contribution in [0.3, 0.4) is 0 Å². The minimum atomic E-state index is -1.13. The minimum Gasteiger partial charge on any atom is -0.385 e. The lowest BCUT2D eigenvalue weighted by molar-refractivity contribution is 0.220. The molecule has 0 aromatic carbocycles. The molecule has 3 N–H and O–H groups in total. The molecule has 0 rings (SSSR count). The molecular formula is C6H9NO3. The Morgan fingerprint density at radius 3 is 2.30 bits per heavy atom. The van der Waals surface area contributed by atoms with Gasteiger partial charge in [-0.1, -0.05) is 0 Å². The smallest absolute Gasteiger partial charge is 0.229 e. The standard InChI is InChI=1S/C6H9NO3/c7-5(3-8)1-2-6(10)4-9/h5-6,10H,1-2,7H2. The third-order valence-corrected chi connectivity index (χ3v) is 1.04. The summed E-state index contributed by atoms with van der Waals surface area (Å²) >= 11 is 0. The first-order valence-corrected chi connectivity index (χ1v) is 2.89. The maximum absolute atomic E-state index is 9.78. The Morgan fingerprint density at radius 2 is 1.90 bits per heavy atom. The van der Waals surface area contributed by atoms with Gasteiger partial charge in [0.25, 0.3) is 0 Å². The fourth-order valence-electron chi connectivity index (χ4n) is 0.455. The van der Waals surface area contributed by atoms with Gasteiger partial charge in [-0.25, -0.2) is 0 Å². The van der Waals surface area contributed by atoms with Crippen molar-refractivity contribution in [3.8, 4) is 0 Å². The summed E-state index contributed by atoms with van der Waals surface area (Å²) < 4.78 is 0. The average molecular weight is 143 g/mol. The fraction of sp³-hybridized carbons (Fsp3) is 0.667. The van der Waals surface area contributed by atoms with Crippen LogP contribution in [-0.4, -0.2) is 29.8 Å². The number of rotatable bonds is 5. The van der Waals surface area contributed by atoms with E-state index >= 15 is 0 Å². The number of aliphatic hydroxyl groups is 1. The maximum atomic E-state index is 9.78. The SMILES string of the molecule is NC([C]=O)CCC(O)[C]=O. The Morgan fingerprint density at radius 1 is 1.30 bits per heavy atom. The molecule has 0 amide bonds. The summed E-state index contributed by atoms with van der Waals surface area (Å²) in [5.74, 6) is 0. The molecule has 0 fully saturated rings. The molecule has 0 aliphatic rings. The van der Waals surface area contributed by atoms with Crippen LogP contribution in [0.1, 0.15) is 12.8 Å². The summed E-state index contributed by atoms with van der Waals surface area (Å²) in [5.41, 5.74) is 5.11. The van der Waals surface area contributed by atoms with Crippen LogP contribution in [0.5, 0.6) is 0 Å². The fourth-order valence-corrected chi connectivity index (χ4v) is 0.455. The Hall–Kier alpha value is -0.740. The second kappa shape index (κ2) is 5.08. The van der Waals surface area contributed by atoms with E-state index in [-0.39, 0.29) is 12.8 Å². The number of aliphatic hydroxyl groups excluding tert-OH is 1. The van der Waals surface area contributed by atoms with E-state index in [1.807, 2.05) is 0 Å². The van der Waals surface area contributed by atoms with Gasteiger partial charge < -0.3 is 10.8 Å². The molecule has 4 heteroatoms. The zero-order valence-electron chi connectivity index (χ0n) is 5.41. The van der Waals surface area contributed by atoms with E-state index in [1.165, 1.54) is 12.6 Å². The summed E-state index contributed by atoms with van der Waals surface area (Å²) in [7, 11) is 0. The first kappa shape index (κ1) is 9.26. The zero-order valence-corrected chi connectivity index (χ0v) is 5.41. The molecule has 56 valence electrons. The highest BCUT2D eigenvalue weighted by Gasteiger charge is 2.06. The molecule has 0 aliphatic heterocycles. The Labute approximate surface area is 59.0 Å². The van der Waals surface area contributed by atoms with Gasteiger partial charge in [0.1, 0.15) is 6.10 Å². The van der Waals surface area contributed by atoms with Gasteiger partial charge >= 0.3 is 0 Å². The van der Waals surface area contributed by atoms with E-state index < -0.39 is 12.1 Å². The normalized spacial score (nSPS) is 15.8. The number of carbonyl (C=O) groups excluding carboxylic acids is 2. The molecule has 0 saturated carbocycles. The molecule has 2 atom stereocenters. The van der Waals surface area contributed by atoms with E-state index in [2.05, 4.69) is 0 Å². The lowest BCUT2D eigenvalue weighted by Gasteiger charge is -2.02. The Balaban J connectivity index is 3.34. The average Bonchev–Trinajstić information content (AvgIpc) is 1.99. The molecule has 10 heavy (non-hydrogen) atoms. The first-order chi connectivity index (χ1) is 4.70. The zero-order chi connectivity index (χ0) is 7.98. The monoisotopic (exact) mass is 143 g/mol. The van der Waals surface area contributed by atoms with Gasteiger partial charge in [-0.3, -0.25) is 9.59 Å². The lowest BCUT2D eigenvalue weighted by Crippen LogP contribution is -2.23. The van der Waals surface area contributed by atoms with Crippen LogP contribution < -0.4 is 5.73 Å². The van der Waals surface area contributed by atoms with Crippen molar-refractivity contribution < 1.29 is 14.7 Å². The van der Waals surface area contributed by atoms with Gasteiger partial charge in [0.05, 0.1) is 6.04 Å². The van der Waals surface area contributed by atoms with Crippen LogP contribution in [0.25, 0.3) is 0 Å². The predicted molar refractivity (Wildman–Crippen MR) is 34.6 cm³/mol. The van der Waals surface area contributed by atoms with Crippen LogP contribution in [0.15, 0.2) is 0 Å². The van der Waals surface area contributed by atoms with Gasteiger partial charge in [0.15, 0.2) is 0 Å². The molecule has 2 unspecified atom stereocenters. The molecule has 0 heterocycles. The highest BCUT2D eigenvalue weighted by Crippen LogP contribution is 1.95. The van der Waals surface area contributed by atoms with Gasteiger partial charge in [-0.15, -0.1) is 0 Å². The van der Waals surface area contributed by atoms with Crippen molar-refractivity contribution >= 4 is 12.6 Å². The van der Waals surface area contributed by atoms with Crippen molar-refractivity contribution in [2.75, 3.05) is 0 Å². The molecular weight excluding hydrogens is 134 g/mol. The highest BCUT2D eigenvalue weighted by atomic mass is 16.3. The lowest BCUT2D eigenvalue weighted by atomic mass is 10.1. The summed E-state index contributed by atoms with van der Waals surface area (Å²) in [4.78, 5) is 19.5. The summed E-state index contributed by atoms with van der Waals surface area (Å²) in [6.07, 6.45) is 2.20.